The Morgan fingerprint density at radius 3 is 1.41 bits per heavy atom. The fraction of sp³-hybridized carbons (Fsp3) is 0.352. The molecule has 1 unspecified atom stereocenters. The normalized spacial score (nSPS) is 24.5. The van der Waals surface area contributed by atoms with Gasteiger partial charge >= 0.3 is 0 Å². The van der Waals surface area contributed by atoms with Crippen molar-refractivity contribution in [1.82, 2.24) is 0 Å². The summed E-state index contributed by atoms with van der Waals surface area (Å²) in [7, 11) is 0. The topological polar surface area (TPSA) is 0 Å². The lowest BCUT2D eigenvalue weighted by atomic mass is 9.65. The molecule has 0 N–H and O–H groups in total. The van der Waals surface area contributed by atoms with Gasteiger partial charge in [-0.15, -0.1) is 0 Å². The third-order valence-electron chi connectivity index (χ3n) is 16.2. The Morgan fingerprint density at radius 2 is 0.914 bits per heavy atom. The maximum absolute atomic E-state index is 6.18. The van der Waals surface area contributed by atoms with Crippen molar-refractivity contribution in [1.29, 1.82) is 0 Å². The van der Waals surface area contributed by atoms with Gasteiger partial charge in [-0.1, -0.05) is 161 Å². The summed E-state index contributed by atoms with van der Waals surface area (Å²) in [5.41, 5.74) is 22.2. The van der Waals surface area contributed by atoms with E-state index in [1.54, 1.807) is 22.3 Å². The first kappa shape index (κ1) is 36.3. The van der Waals surface area contributed by atoms with Gasteiger partial charge in [-0.2, -0.15) is 12.6 Å². The van der Waals surface area contributed by atoms with Crippen molar-refractivity contribution in [3.63, 3.8) is 0 Å². The van der Waals surface area contributed by atoms with Crippen LogP contribution in [0.5, 0.6) is 0 Å². The molecule has 4 aromatic rings. The molecule has 8 aliphatic carbocycles. The number of rotatable bonds is 2. The summed E-state index contributed by atoms with van der Waals surface area (Å²) < 4.78 is 0. The third-order valence-corrected chi connectivity index (χ3v) is 18.0. The number of hydrogen-bond acceptors (Lipinski definition) is 4. The van der Waals surface area contributed by atoms with Gasteiger partial charge in [-0.3, -0.25) is 0 Å². The Balaban J connectivity index is 1.01. The Bertz CT molecular complexity index is 2640. The first-order valence-electron chi connectivity index (χ1n) is 22.1. The van der Waals surface area contributed by atoms with Crippen LogP contribution in [0.4, 0.5) is 0 Å². The molecule has 4 heteroatoms. The Morgan fingerprint density at radius 1 is 0.466 bits per heavy atom. The summed E-state index contributed by atoms with van der Waals surface area (Å²) in [6.45, 7) is 0. The Hall–Kier alpha value is -3.54. The van der Waals surface area contributed by atoms with Crippen LogP contribution in [-0.4, -0.2) is 14.6 Å². The fourth-order valence-electron chi connectivity index (χ4n) is 13.3. The summed E-state index contributed by atoms with van der Waals surface area (Å²) >= 11 is 23.7. The van der Waals surface area contributed by atoms with Crippen LogP contribution in [0.25, 0.3) is 23.3 Å². The van der Waals surface area contributed by atoms with Crippen LogP contribution < -0.4 is 0 Å². The van der Waals surface area contributed by atoms with Crippen LogP contribution in [0.15, 0.2) is 107 Å². The minimum atomic E-state index is 0.000999. The van der Waals surface area contributed by atoms with Gasteiger partial charge in [0.15, 0.2) is 0 Å². The molecule has 0 nitrogen and oxygen atoms in total. The summed E-state index contributed by atoms with van der Waals surface area (Å²) in [5, 5.41) is 0.0230. The van der Waals surface area contributed by atoms with E-state index in [9.17, 15) is 0 Å². The number of thiol groups is 1. The van der Waals surface area contributed by atoms with E-state index in [0.29, 0.717) is 0 Å². The van der Waals surface area contributed by atoms with Crippen molar-refractivity contribution in [2.45, 2.75) is 118 Å². The van der Waals surface area contributed by atoms with Gasteiger partial charge in [0, 0.05) is 37.8 Å². The van der Waals surface area contributed by atoms with E-state index in [0.717, 1.165) is 31.3 Å². The molecule has 8 aliphatic rings. The highest BCUT2D eigenvalue weighted by Crippen LogP contribution is 2.63. The molecule has 0 aromatic heterocycles. The summed E-state index contributed by atoms with van der Waals surface area (Å²) in [6.07, 6.45) is 28.9. The fourth-order valence-corrected chi connectivity index (χ4v) is 15.0. The van der Waals surface area contributed by atoms with Crippen LogP contribution in [0.1, 0.15) is 157 Å². The number of hydrogen-bond donors (Lipinski definition) is 1. The minimum Gasteiger partial charge on any atom is -0.166 e. The second-order valence-corrected chi connectivity index (χ2v) is 20.5. The van der Waals surface area contributed by atoms with E-state index in [2.05, 4.69) is 97.1 Å². The molecule has 0 amide bonds. The van der Waals surface area contributed by atoms with E-state index in [1.165, 1.54) is 146 Å². The molecule has 288 valence electrons. The molecular weight excluding hydrogens is 777 g/mol. The molecule has 3 spiro atoms. The molecule has 3 fully saturated rings. The first-order chi connectivity index (χ1) is 28.3. The first-order valence-corrected chi connectivity index (χ1v) is 23.8. The zero-order valence-electron chi connectivity index (χ0n) is 33.1. The van der Waals surface area contributed by atoms with E-state index in [1.807, 2.05) is 0 Å². The highest BCUT2D eigenvalue weighted by molar-refractivity contribution is 7.84. The van der Waals surface area contributed by atoms with Crippen molar-refractivity contribution in [3.8, 4) is 11.1 Å². The molecule has 0 saturated heterocycles. The number of fused-ring (bicyclic) bond motifs is 11. The van der Waals surface area contributed by atoms with Crippen molar-refractivity contribution in [2.24, 2.45) is 0 Å². The molecule has 0 bridgehead atoms. The number of allylic oxidation sites excluding steroid dienone is 5. The van der Waals surface area contributed by atoms with E-state index >= 15 is 0 Å². The van der Waals surface area contributed by atoms with Gasteiger partial charge < -0.3 is 0 Å². The standard InChI is InChI=1S/C54H48S4/c55-48-36-14-4-5-15-37(36)49(56)42(48)28-34-24-32-26-46-40(30-44(32)52(34)18-8-1-9-19-52)41-31-45-33(27-47(41)54(46)22-12-3-13-23-54)25-35(53(45)20-10-2-11-21-53)29-43-50(57)38-16-6-7-17-39(38)51(43)58/h4-7,14-17,24-31,48,55H,1-3,8-13,18-23H2/b42-28-. The van der Waals surface area contributed by atoms with Gasteiger partial charge in [0.1, 0.15) is 0 Å². The molecule has 0 radical (unpaired) electrons. The Kier molecular flexibility index (Phi) is 8.28. The molecule has 58 heavy (non-hydrogen) atoms. The van der Waals surface area contributed by atoms with Crippen LogP contribution in [0.2, 0.25) is 0 Å². The number of benzene rings is 4. The van der Waals surface area contributed by atoms with Crippen LogP contribution in [0.3, 0.4) is 0 Å². The quantitative estimate of drug-likeness (QED) is 0.122. The maximum atomic E-state index is 6.18. The monoisotopic (exact) mass is 824 g/mol. The van der Waals surface area contributed by atoms with Crippen LogP contribution in [-0.2, 0) is 16.2 Å². The van der Waals surface area contributed by atoms with Crippen molar-refractivity contribution < 1.29 is 0 Å². The highest BCUT2D eigenvalue weighted by atomic mass is 32.1. The smallest absolute Gasteiger partial charge is 0.0543 e. The minimum absolute atomic E-state index is 0.000999. The van der Waals surface area contributed by atoms with Crippen LogP contribution >= 0.6 is 49.3 Å². The van der Waals surface area contributed by atoms with Crippen molar-refractivity contribution in [3.05, 3.63) is 163 Å². The van der Waals surface area contributed by atoms with Crippen LogP contribution in [0, 0.1) is 0 Å². The van der Waals surface area contributed by atoms with Gasteiger partial charge in [-0.25, -0.2) is 0 Å². The molecule has 0 heterocycles. The summed E-state index contributed by atoms with van der Waals surface area (Å²) in [6, 6.07) is 27.9. The van der Waals surface area contributed by atoms with E-state index in [-0.39, 0.29) is 21.5 Å². The second-order valence-electron chi connectivity index (χ2n) is 18.8. The van der Waals surface area contributed by atoms with Crippen molar-refractivity contribution in [2.75, 3.05) is 0 Å². The lowest BCUT2D eigenvalue weighted by molar-refractivity contribution is 0.346. The average Bonchev–Trinajstić information content (AvgIpc) is 3.95. The zero-order valence-corrected chi connectivity index (χ0v) is 36.4. The van der Waals surface area contributed by atoms with E-state index < -0.39 is 0 Å². The predicted molar refractivity (Wildman–Crippen MR) is 257 cm³/mol. The van der Waals surface area contributed by atoms with Crippen molar-refractivity contribution >= 4 is 76.0 Å². The average molecular weight is 825 g/mol. The molecular formula is C54H48S4. The molecule has 1 atom stereocenters. The summed E-state index contributed by atoms with van der Waals surface area (Å²) in [5.74, 6) is 0. The molecule has 0 aliphatic heterocycles. The lowest BCUT2D eigenvalue weighted by Gasteiger charge is -2.38. The van der Waals surface area contributed by atoms with Gasteiger partial charge in [0.2, 0.25) is 0 Å². The summed E-state index contributed by atoms with van der Waals surface area (Å²) in [4.78, 5) is 2.81. The van der Waals surface area contributed by atoms with Gasteiger partial charge in [0.05, 0.1) is 15.0 Å². The molecule has 4 aromatic carbocycles. The Labute approximate surface area is 365 Å². The molecule has 3 saturated carbocycles. The van der Waals surface area contributed by atoms with E-state index in [4.69, 9.17) is 49.3 Å². The number of thiocarbonyl (C=S) groups is 3. The SMILES string of the molecule is S=C1C(=CC2=Cc3cc4c(cc3C23CCCCC3)-c2cc3c(cc2C42CCCCC2)C=C(/C=C2\C(=S)c4ccccc4C2S)C32CCCCC2)C(=S)c2ccccc21. The molecule has 12 rings (SSSR count). The third kappa shape index (κ3) is 4.90. The lowest BCUT2D eigenvalue weighted by Crippen LogP contribution is -2.30. The predicted octanol–water partition coefficient (Wildman–Crippen LogP) is 14.5. The largest absolute Gasteiger partial charge is 0.166 e. The maximum Gasteiger partial charge on any atom is 0.0543 e. The second kappa shape index (κ2) is 13.2. The zero-order chi connectivity index (χ0) is 39.0. The van der Waals surface area contributed by atoms with Gasteiger partial charge in [0.25, 0.3) is 0 Å². The van der Waals surface area contributed by atoms with Gasteiger partial charge in [-0.05, 0) is 141 Å². The highest BCUT2D eigenvalue weighted by Gasteiger charge is 2.50.